The predicted molar refractivity (Wildman–Crippen MR) is 61.0 cm³/mol. The molecule has 1 aromatic rings. The number of aliphatic imine (C=N–C) groups is 1. The molecular weight excluding hydrogens is 178 g/mol. The Kier molecular flexibility index (Phi) is 2.00. The average molecular weight is 189 g/mol. The first-order chi connectivity index (χ1) is 6.17. The van der Waals surface area contributed by atoms with Crippen molar-refractivity contribution in [2.24, 2.45) is 4.99 Å². The van der Waals surface area contributed by atoms with Crippen molar-refractivity contribution in [3.05, 3.63) is 35.9 Å². The van der Waals surface area contributed by atoms with E-state index in [1.807, 2.05) is 37.4 Å². The molecular formula is C11H11NS. The molecule has 1 nitrogen and oxygen atoms in total. The van der Waals surface area contributed by atoms with Crippen molar-refractivity contribution in [2.75, 3.05) is 0 Å². The van der Waals surface area contributed by atoms with Crippen LogP contribution in [0.3, 0.4) is 0 Å². The Hall–Kier alpha value is -1.02. The second-order valence-corrected chi connectivity index (χ2v) is 4.34. The smallest absolute Gasteiger partial charge is 0.0698 e. The first kappa shape index (κ1) is 8.57. The van der Waals surface area contributed by atoms with Crippen LogP contribution in [0.25, 0.3) is 6.08 Å². The Morgan fingerprint density at radius 2 is 2.08 bits per heavy atom. The predicted octanol–water partition coefficient (Wildman–Crippen LogP) is 3.10. The molecule has 0 saturated carbocycles. The lowest BCUT2D eigenvalue weighted by molar-refractivity contribution is 1.11. The van der Waals surface area contributed by atoms with Crippen LogP contribution < -0.4 is 0 Å². The highest BCUT2D eigenvalue weighted by Crippen LogP contribution is 2.26. The maximum Gasteiger partial charge on any atom is 0.0698 e. The number of hydrogen-bond donors (Lipinski definition) is 1. The summed E-state index contributed by atoms with van der Waals surface area (Å²) in [6.07, 6.45) is 5.97. The number of nitrogens with zero attached hydrogens (tertiary/aromatic N) is 1. The Morgan fingerprint density at radius 1 is 1.31 bits per heavy atom. The standard InChI is InChI=1S/C11H11NS/c1-11(13)7-6-9-4-2-3-5-10(9)12-8-11/h2-8,13H,1H3. The zero-order valence-corrected chi connectivity index (χ0v) is 8.33. The summed E-state index contributed by atoms with van der Waals surface area (Å²) in [5, 5.41) is 0. The van der Waals surface area contributed by atoms with Gasteiger partial charge in [-0.2, -0.15) is 12.6 Å². The molecule has 1 aromatic carbocycles. The molecule has 0 saturated heterocycles. The van der Waals surface area contributed by atoms with E-state index < -0.39 is 0 Å². The van der Waals surface area contributed by atoms with E-state index in [9.17, 15) is 0 Å². The van der Waals surface area contributed by atoms with Gasteiger partial charge in [-0.15, -0.1) is 0 Å². The summed E-state index contributed by atoms with van der Waals surface area (Å²) in [5.74, 6) is 0. The van der Waals surface area contributed by atoms with E-state index in [-0.39, 0.29) is 4.75 Å². The highest BCUT2D eigenvalue weighted by atomic mass is 32.1. The summed E-state index contributed by atoms with van der Waals surface area (Å²) in [6, 6.07) is 8.06. The van der Waals surface area contributed by atoms with Gasteiger partial charge in [-0.3, -0.25) is 4.99 Å². The third-order valence-corrected chi connectivity index (χ3v) is 2.27. The minimum atomic E-state index is -0.237. The second-order valence-electron chi connectivity index (χ2n) is 3.38. The van der Waals surface area contributed by atoms with Crippen LogP contribution in [0.5, 0.6) is 0 Å². The average Bonchev–Trinajstić information content (AvgIpc) is 2.27. The van der Waals surface area contributed by atoms with Crippen molar-refractivity contribution in [1.82, 2.24) is 0 Å². The van der Waals surface area contributed by atoms with E-state index in [4.69, 9.17) is 0 Å². The number of para-hydroxylation sites is 1. The van der Waals surface area contributed by atoms with Gasteiger partial charge in [0.2, 0.25) is 0 Å². The van der Waals surface area contributed by atoms with Gasteiger partial charge >= 0.3 is 0 Å². The molecule has 2 heteroatoms. The zero-order chi connectivity index (χ0) is 9.31. The van der Waals surface area contributed by atoms with Crippen LogP contribution in [0.1, 0.15) is 12.5 Å². The first-order valence-electron chi connectivity index (χ1n) is 4.23. The summed E-state index contributed by atoms with van der Waals surface area (Å²) in [5.41, 5.74) is 2.16. The van der Waals surface area contributed by atoms with Gasteiger partial charge in [0, 0.05) is 6.21 Å². The fourth-order valence-corrected chi connectivity index (χ4v) is 1.38. The van der Waals surface area contributed by atoms with E-state index in [1.54, 1.807) is 0 Å². The van der Waals surface area contributed by atoms with Gasteiger partial charge in [0.05, 0.1) is 10.4 Å². The van der Waals surface area contributed by atoms with Crippen LogP contribution in [0, 0.1) is 0 Å². The van der Waals surface area contributed by atoms with Crippen molar-refractivity contribution in [2.45, 2.75) is 11.7 Å². The molecule has 0 aromatic heterocycles. The van der Waals surface area contributed by atoms with Gasteiger partial charge in [0.1, 0.15) is 0 Å². The minimum absolute atomic E-state index is 0.237. The Balaban J connectivity index is 2.53. The number of benzene rings is 1. The van der Waals surface area contributed by atoms with Gasteiger partial charge < -0.3 is 0 Å². The molecule has 0 amide bonds. The lowest BCUT2D eigenvalue weighted by Gasteiger charge is -2.09. The summed E-state index contributed by atoms with van der Waals surface area (Å²) in [7, 11) is 0. The summed E-state index contributed by atoms with van der Waals surface area (Å²) in [4.78, 5) is 4.38. The zero-order valence-electron chi connectivity index (χ0n) is 7.44. The molecule has 1 heterocycles. The van der Waals surface area contributed by atoms with Crippen molar-refractivity contribution < 1.29 is 0 Å². The molecule has 1 aliphatic rings. The van der Waals surface area contributed by atoms with Gasteiger partial charge in [-0.1, -0.05) is 30.4 Å². The second kappa shape index (κ2) is 3.04. The molecule has 0 radical (unpaired) electrons. The summed E-state index contributed by atoms with van der Waals surface area (Å²) in [6.45, 7) is 2.02. The van der Waals surface area contributed by atoms with Crippen LogP contribution in [0.15, 0.2) is 35.3 Å². The van der Waals surface area contributed by atoms with Crippen LogP contribution in [0.2, 0.25) is 0 Å². The molecule has 13 heavy (non-hydrogen) atoms. The first-order valence-corrected chi connectivity index (χ1v) is 4.68. The van der Waals surface area contributed by atoms with E-state index >= 15 is 0 Å². The minimum Gasteiger partial charge on any atom is -0.259 e. The van der Waals surface area contributed by atoms with Crippen molar-refractivity contribution in [3.63, 3.8) is 0 Å². The number of rotatable bonds is 0. The quantitative estimate of drug-likeness (QED) is 0.602. The SMILES string of the molecule is CC1(S)C=Cc2ccccc2N=C1. The van der Waals surface area contributed by atoms with E-state index in [2.05, 4.69) is 29.8 Å². The molecule has 66 valence electrons. The van der Waals surface area contributed by atoms with Gasteiger partial charge in [-0.05, 0) is 18.6 Å². The summed E-state index contributed by atoms with van der Waals surface area (Å²) >= 11 is 4.46. The van der Waals surface area contributed by atoms with E-state index in [1.165, 1.54) is 0 Å². The van der Waals surface area contributed by atoms with Gasteiger partial charge in [0.25, 0.3) is 0 Å². The Labute approximate surface area is 83.6 Å². The van der Waals surface area contributed by atoms with Gasteiger partial charge in [0.15, 0.2) is 0 Å². The Morgan fingerprint density at radius 3 is 2.92 bits per heavy atom. The lowest BCUT2D eigenvalue weighted by atomic mass is 10.1. The number of thiol groups is 1. The van der Waals surface area contributed by atoms with Crippen molar-refractivity contribution in [3.8, 4) is 0 Å². The fourth-order valence-electron chi connectivity index (χ4n) is 1.25. The van der Waals surface area contributed by atoms with E-state index in [0.717, 1.165) is 11.3 Å². The van der Waals surface area contributed by atoms with Crippen LogP contribution in [-0.2, 0) is 0 Å². The monoisotopic (exact) mass is 189 g/mol. The maximum absolute atomic E-state index is 4.46. The number of fused-ring (bicyclic) bond motifs is 1. The fraction of sp³-hybridized carbons (Fsp3) is 0.182. The molecule has 0 N–H and O–H groups in total. The highest BCUT2D eigenvalue weighted by molar-refractivity contribution is 7.82. The molecule has 1 unspecified atom stereocenters. The topological polar surface area (TPSA) is 12.4 Å². The number of hydrogen-bond acceptors (Lipinski definition) is 2. The molecule has 1 atom stereocenters. The van der Waals surface area contributed by atoms with Gasteiger partial charge in [-0.25, -0.2) is 0 Å². The Bertz CT molecular complexity index is 342. The molecule has 0 aliphatic carbocycles. The molecule has 0 fully saturated rings. The van der Waals surface area contributed by atoms with Crippen LogP contribution in [-0.4, -0.2) is 11.0 Å². The molecule has 0 bridgehead atoms. The third kappa shape index (κ3) is 1.83. The van der Waals surface area contributed by atoms with Crippen molar-refractivity contribution >= 4 is 30.6 Å². The van der Waals surface area contributed by atoms with Crippen LogP contribution in [0.4, 0.5) is 5.69 Å². The highest BCUT2D eigenvalue weighted by Gasteiger charge is 2.14. The molecule has 0 spiro atoms. The van der Waals surface area contributed by atoms with Crippen LogP contribution >= 0.6 is 12.6 Å². The summed E-state index contributed by atoms with van der Waals surface area (Å²) < 4.78 is -0.237. The molecule has 2 rings (SSSR count). The van der Waals surface area contributed by atoms with E-state index in [0.29, 0.717) is 0 Å². The molecule has 1 aliphatic heterocycles. The largest absolute Gasteiger partial charge is 0.259 e. The maximum atomic E-state index is 4.46. The normalized spacial score (nSPS) is 25.4. The third-order valence-electron chi connectivity index (χ3n) is 2.00. The lowest BCUT2D eigenvalue weighted by Crippen LogP contribution is -2.12. The van der Waals surface area contributed by atoms with Crippen molar-refractivity contribution in [1.29, 1.82) is 0 Å².